The van der Waals surface area contributed by atoms with E-state index in [1.54, 1.807) is 12.4 Å². The van der Waals surface area contributed by atoms with Crippen LogP contribution in [0.5, 0.6) is 0 Å². The van der Waals surface area contributed by atoms with Gasteiger partial charge >= 0.3 is 60.3 Å². The molecule has 0 aliphatic rings. The largest absolute Gasteiger partial charge is 3.00 e. The number of benzene rings is 12. The average Bonchev–Trinajstić information content (AvgIpc) is 1.59. The van der Waals surface area contributed by atoms with Gasteiger partial charge in [-0.15, -0.1) is 76.3 Å². The Bertz CT molecular complexity index is 7870. The Morgan fingerprint density at radius 1 is 0.299 bits per heavy atom. The van der Waals surface area contributed by atoms with E-state index in [9.17, 15) is 17.6 Å². The Morgan fingerprint density at radius 3 is 1.04 bits per heavy atom. The molecule has 0 unspecified atom stereocenters. The van der Waals surface area contributed by atoms with Gasteiger partial charge in [0.1, 0.15) is 38.0 Å². The van der Waals surface area contributed by atoms with Crippen LogP contribution in [0, 0.1) is 92.5 Å². The van der Waals surface area contributed by atoms with Gasteiger partial charge in [0.25, 0.3) is 0 Å². The Labute approximate surface area is 825 Å². The molecule has 0 aliphatic heterocycles. The molecule has 0 atom stereocenters. The number of hydrogen-bond donors (Lipinski definition) is 0. The van der Waals surface area contributed by atoms with Crippen molar-refractivity contribution in [1.29, 1.82) is 0 Å². The molecule has 0 fully saturated rings. The van der Waals surface area contributed by atoms with E-state index in [1.165, 1.54) is 50.5 Å². The van der Waals surface area contributed by atoms with Crippen LogP contribution < -0.4 is 0 Å². The summed E-state index contributed by atoms with van der Waals surface area (Å²) in [6.45, 7) is 15.9. The molecule has 0 radical (unpaired) electrons. The third-order valence-electron chi connectivity index (χ3n) is 22.5. The van der Waals surface area contributed by atoms with Crippen LogP contribution in [-0.4, -0.2) is 102 Å². The topological polar surface area (TPSA) is 223 Å². The van der Waals surface area contributed by atoms with Crippen LogP contribution in [0.1, 0.15) is 63.8 Å². The van der Waals surface area contributed by atoms with E-state index in [0.29, 0.717) is 29.2 Å². The molecule has 0 saturated heterocycles. The second kappa shape index (κ2) is 41.2. The molecule has 0 amide bonds. The van der Waals surface area contributed by atoms with Crippen LogP contribution in [0.15, 0.2) is 317 Å². The minimum Gasteiger partial charge on any atom is -0.448 e. The average molecular weight is 2330 g/mol. The van der Waals surface area contributed by atoms with Gasteiger partial charge in [0.05, 0.1) is 0 Å². The second-order valence-electron chi connectivity index (χ2n) is 33.2. The quantitative estimate of drug-likeness (QED) is 0.0968. The summed E-state index contributed by atoms with van der Waals surface area (Å²) < 4.78 is 65.7. The molecule has 12 heterocycles. The van der Waals surface area contributed by atoms with E-state index >= 15 is 0 Å². The van der Waals surface area contributed by atoms with E-state index in [0.717, 1.165) is 156 Å². The number of aromatic nitrogens is 21. The number of aryl methyl sites for hydroxylation is 1. The number of imidazole rings is 3. The summed E-state index contributed by atoms with van der Waals surface area (Å²) in [7, 11) is 0. The monoisotopic (exact) mass is 2330 g/mol. The van der Waals surface area contributed by atoms with Gasteiger partial charge in [0.2, 0.25) is 17.8 Å². The van der Waals surface area contributed by atoms with Gasteiger partial charge in [-0.3, -0.25) is 17.6 Å². The van der Waals surface area contributed by atoms with E-state index in [4.69, 9.17) is 0 Å². The Kier molecular flexibility index (Phi) is 28.5. The number of fused-ring (bicyclic) bond motifs is 12. The summed E-state index contributed by atoms with van der Waals surface area (Å²) >= 11 is 0. The van der Waals surface area contributed by atoms with Gasteiger partial charge < -0.3 is 57.3 Å². The van der Waals surface area contributed by atoms with Crippen LogP contribution in [-0.2, 0) is 71.1 Å². The zero-order chi connectivity index (χ0) is 92.1. The van der Waals surface area contributed by atoms with Crippen molar-refractivity contribution in [1.82, 2.24) is 102 Å². The van der Waals surface area contributed by atoms with Gasteiger partial charge in [-0.1, -0.05) is 255 Å². The normalized spacial score (nSPS) is 11.2. The fourth-order valence-electron chi connectivity index (χ4n) is 15.8. The molecular weight excluding hydrogens is 2260 g/mol. The molecule has 0 aliphatic carbocycles. The molecule has 12 aromatic carbocycles. The molecular formula is C109H76F4Ir3N21. The maximum atomic E-state index is 14.1. The van der Waals surface area contributed by atoms with E-state index in [2.05, 4.69) is 239 Å². The van der Waals surface area contributed by atoms with Gasteiger partial charge in [0.15, 0.2) is 0 Å². The van der Waals surface area contributed by atoms with E-state index in [-0.39, 0.29) is 87.8 Å². The molecule has 24 aromatic rings. The van der Waals surface area contributed by atoms with Gasteiger partial charge in [-0.05, 0) is 115 Å². The number of nitrogens with zero attached hydrogens (tertiary/aromatic N) is 21. The summed E-state index contributed by atoms with van der Waals surface area (Å²) in [4.78, 5) is 63.7. The zero-order valence-corrected chi connectivity index (χ0v) is 81.6. The first-order chi connectivity index (χ1) is 65.2. The van der Waals surface area contributed by atoms with Crippen LogP contribution in [0.25, 0.3) is 167 Å². The predicted octanol–water partition coefficient (Wildman–Crippen LogP) is 23.1. The Hall–Kier alpha value is -15.4. The summed E-state index contributed by atoms with van der Waals surface area (Å²) in [5.41, 5.74) is 20.9. The van der Waals surface area contributed by atoms with Crippen molar-refractivity contribution in [3.63, 3.8) is 0 Å². The zero-order valence-electron chi connectivity index (χ0n) is 74.4. The van der Waals surface area contributed by atoms with Crippen LogP contribution in [0.4, 0.5) is 17.6 Å². The molecule has 0 saturated carbocycles. The van der Waals surface area contributed by atoms with Crippen molar-refractivity contribution >= 4 is 98.5 Å². The van der Waals surface area contributed by atoms with E-state index in [1.807, 2.05) is 216 Å². The van der Waals surface area contributed by atoms with Gasteiger partial charge in [-0.2, -0.15) is 53.5 Å². The fourth-order valence-corrected chi connectivity index (χ4v) is 15.8. The molecule has 672 valence electrons. The molecule has 21 nitrogen and oxygen atoms in total. The summed E-state index contributed by atoms with van der Waals surface area (Å²) in [5.74, 6) is -0.725. The number of pyridine rings is 3. The SMILES string of the molecule is CC(C)(C)c1ccnc(-c2[c-]cc(F)cc2F)c1.Cc1c(F)c[c-]c(-c2cc(C(C)(C)C)ccn2)c1F.Cc1ccnc(-c2[c-]cccc2)c1.[Ir+3].[Ir+3].[Ir+3].[c-]1cc2c3ccccc3n(-c3ncncn3)c2cc1-n1[c-]nc2ccccc21.[c-]1cc2c3ccccc3n(-c3ncncn3)c2cc1-n1[c-]nc2ccccc21.[c-]1cc2c3ccccc3n(-c3ncncn3)c2cc1-n1[c-]nc2ccccc21. The fraction of sp³-hybridized carbons (Fsp3) is 0.0917. The van der Waals surface area contributed by atoms with E-state index < -0.39 is 23.3 Å². The van der Waals surface area contributed by atoms with Crippen molar-refractivity contribution in [3.05, 3.63) is 418 Å². The molecule has 24 rings (SSSR count). The third-order valence-corrected chi connectivity index (χ3v) is 22.5. The summed E-state index contributed by atoms with van der Waals surface area (Å²) in [6.07, 6.45) is 23.4. The van der Waals surface area contributed by atoms with Gasteiger partial charge in [0, 0.05) is 77.4 Å². The summed E-state index contributed by atoms with van der Waals surface area (Å²) in [6, 6.07) is 102. The maximum Gasteiger partial charge on any atom is 3.00 e. The van der Waals surface area contributed by atoms with Crippen molar-refractivity contribution in [2.75, 3.05) is 0 Å². The minimum atomic E-state index is -0.645. The number of hydrogen-bond acceptors (Lipinski definition) is 15. The van der Waals surface area contributed by atoms with Crippen molar-refractivity contribution in [3.8, 4) is 68.7 Å². The molecule has 0 spiro atoms. The van der Waals surface area contributed by atoms with Crippen LogP contribution >= 0.6 is 0 Å². The Morgan fingerprint density at radius 2 is 0.657 bits per heavy atom. The van der Waals surface area contributed by atoms with Crippen molar-refractivity contribution < 1.29 is 77.9 Å². The molecule has 12 aromatic heterocycles. The first-order valence-corrected chi connectivity index (χ1v) is 42.6. The van der Waals surface area contributed by atoms with Gasteiger partial charge in [-0.25, -0.2) is 63.1 Å². The number of halogens is 4. The first kappa shape index (κ1) is 94.8. The first-order valence-electron chi connectivity index (χ1n) is 42.6. The molecule has 137 heavy (non-hydrogen) atoms. The predicted molar refractivity (Wildman–Crippen MR) is 512 cm³/mol. The number of para-hydroxylation sites is 9. The molecule has 0 N–H and O–H groups in total. The maximum absolute atomic E-state index is 14.1. The Balaban J connectivity index is 0.000000121. The van der Waals surface area contributed by atoms with Crippen LogP contribution in [0.2, 0.25) is 0 Å². The second-order valence-corrected chi connectivity index (χ2v) is 33.2. The standard InChI is InChI=1S/3C22H12N6.C16H16F2N.C15H14F2N.C12H10N.3Ir/c3*1-3-7-19-16(5-1)17-10-9-15(27-14-26-18-6-2-4-8-20(18)27)11-21(17)28(19)22-24-12-23-13-25-22;1-10-13(17)6-5-12(15(10)18)14-9-11(7-8-19-14)16(2,3)4;1-15(2,3)10-6-7-18-14(8-10)12-5-4-11(16)9-13(12)17;1-10-7-8-13-12(9-10)11-5-3-2-4-6-11;;;/h3*1-8,10-13H;6-9H,1-4H3;4,6-9H,1-3H3;2-5,7-9H,1H3;;;/q3*-2;3*-1;3*+3. The van der Waals surface area contributed by atoms with Crippen molar-refractivity contribution in [2.45, 2.75) is 66.2 Å². The summed E-state index contributed by atoms with van der Waals surface area (Å²) in [5, 5.41) is 6.64. The smallest absolute Gasteiger partial charge is 0.448 e. The van der Waals surface area contributed by atoms with Crippen molar-refractivity contribution in [2.24, 2.45) is 0 Å². The molecule has 28 heteroatoms. The van der Waals surface area contributed by atoms with Crippen LogP contribution in [0.3, 0.4) is 0 Å². The minimum absolute atomic E-state index is 0. The third kappa shape index (κ3) is 19.8. The molecule has 0 bridgehead atoms. The number of rotatable bonds is 9.